The van der Waals surface area contributed by atoms with Crippen LogP contribution in [0.1, 0.15) is 0 Å². The van der Waals surface area contributed by atoms with Gasteiger partial charge in [-0.3, -0.25) is 0 Å². The lowest BCUT2D eigenvalue weighted by molar-refractivity contribution is 0.807. The zero-order valence-electron chi connectivity index (χ0n) is 5.44. The van der Waals surface area contributed by atoms with Crippen molar-refractivity contribution >= 4 is 22.1 Å². The average molecular weight is 109 g/mol. The number of hydrogen-bond acceptors (Lipinski definition) is 3. The smallest absolute Gasteiger partial charge is 0.280 e. The number of rotatable bonds is 0. The molecule has 0 saturated carbocycles. The molecule has 1 heterocycles. The lowest BCUT2D eigenvalue weighted by atomic mass is 9.67. The zero-order chi connectivity index (χ0) is 5.98. The molecule has 1 rings (SSSR count). The molecule has 0 bridgehead atoms. The second kappa shape index (κ2) is 2.57. The molecule has 3 nitrogen and oxygen atoms in total. The van der Waals surface area contributed by atoms with E-state index >= 15 is 0 Å². The summed E-state index contributed by atoms with van der Waals surface area (Å²) in [5, 5.41) is 6.49. The quantitative estimate of drug-likeness (QED) is 0.344. The van der Waals surface area contributed by atoms with Crippen molar-refractivity contribution in [3.8, 4) is 0 Å². The molecule has 0 aromatic rings. The first-order chi connectivity index (χ1) is 3.79. The predicted molar refractivity (Wildman–Crippen MR) is 40.0 cm³/mol. The molecule has 1 saturated heterocycles. The van der Waals surface area contributed by atoms with Gasteiger partial charge in [0.05, 0.1) is 0 Å². The van der Waals surface area contributed by atoms with Crippen molar-refractivity contribution in [3.63, 3.8) is 0 Å². The van der Waals surface area contributed by atoms with Gasteiger partial charge >= 0.3 is 0 Å². The van der Waals surface area contributed by atoms with Gasteiger partial charge in [0, 0.05) is 0 Å². The Balaban J connectivity index is 2.19. The molecule has 2 N–H and O–H groups in total. The highest BCUT2D eigenvalue weighted by molar-refractivity contribution is 6.74. The maximum atomic E-state index is 3.25. The van der Waals surface area contributed by atoms with Gasteiger partial charge in [0.2, 0.25) is 0 Å². The third-order valence-corrected chi connectivity index (χ3v) is 1.33. The Morgan fingerprint density at radius 2 is 1.88 bits per heavy atom. The molecule has 1 aliphatic heterocycles. The lowest BCUT2D eigenvalue weighted by Crippen LogP contribution is -2.62. The molecule has 0 spiro atoms. The maximum Gasteiger partial charge on any atom is 0.280 e. The van der Waals surface area contributed by atoms with Crippen LogP contribution in [0.25, 0.3) is 0 Å². The molecule has 1 fully saturated rings. The van der Waals surface area contributed by atoms with E-state index < -0.39 is 0 Å². The van der Waals surface area contributed by atoms with Crippen LogP contribution < -0.4 is 10.3 Å². The third-order valence-electron chi connectivity index (χ3n) is 1.33. The van der Waals surface area contributed by atoms with Crippen molar-refractivity contribution in [1.29, 1.82) is 0 Å². The summed E-state index contributed by atoms with van der Waals surface area (Å²) < 4.78 is 2.18. The van der Waals surface area contributed by atoms with Gasteiger partial charge < -0.3 is 15.0 Å². The van der Waals surface area contributed by atoms with Crippen LogP contribution in [0.5, 0.6) is 0 Å². The van der Waals surface area contributed by atoms with Crippen LogP contribution >= 0.6 is 0 Å². The highest BCUT2D eigenvalue weighted by atomic mass is 15.1. The van der Waals surface area contributed by atoms with Crippen LogP contribution in [0, 0.1) is 0 Å². The van der Waals surface area contributed by atoms with Gasteiger partial charge in [-0.2, -0.15) is 0 Å². The molecular formula is C2H10B3N3. The fourth-order valence-electron chi connectivity index (χ4n) is 0.714. The van der Waals surface area contributed by atoms with Gasteiger partial charge in [0.1, 0.15) is 0 Å². The first-order valence-corrected chi connectivity index (χ1v) is 2.94. The van der Waals surface area contributed by atoms with Crippen LogP contribution in [0.2, 0.25) is 6.82 Å². The standard InChI is InChI=1S/C2H10B3N3/c1-5-6-3-8(2)4-7-5/h3-4,6-7H,1-2H3. The first kappa shape index (κ1) is 6.20. The van der Waals surface area contributed by atoms with E-state index in [1.165, 1.54) is 0 Å². The molecular weight excluding hydrogens is 98.5 g/mol. The Bertz CT molecular complexity index is 60.9. The molecule has 0 amide bonds. The summed E-state index contributed by atoms with van der Waals surface area (Å²) in [7, 11) is 4.06. The van der Waals surface area contributed by atoms with Crippen LogP contribution in [-0.4, -0.2) is 33.9 Å². The van der Waals surface area contributed by atoms with E-state index in [9.17, 15) is 0 Å². The fraction of sp³-hybridized carbons (Fsp3) is 1.00. The van der Waals surface area contributed by atoms with E-state index in [1.54, 1.807) is 0 Å². The minimum absolute atomic E-state index is 0.478. The summed E-state index contributed by atoms with van der Waals surface area (Å²) in [6, 6.07) is 0. The molecule has 42 valence electrons. The SMILES string of the molecule is CB1NBN(C)BN1. The second-order valence-electron chi connectivity index (χ2n) is 2.30. The van der Waals surface area contributed by atoms with E-state index in [2.05, 4.69) is 28.9 Å². The normalized spacial score (nSPS) is 22.0. The molecule has 8 heavy (non-hydrogen) atoms. The molecule has 0 radical (unpaired) electrons. The van der Waals surface area contributed by atoms with Crippen LogP contribution in [0.4, 0.5) is 0 Å². The molecule has 0 aromatic carbocycles. The van der Waals surface area contributed by atoms with E-state index in [4.69, 9.17) is 0 Å². The van der Waals surface area contributed by atoms with Gasteiger partial charge in [-0.15, -0.1) is 0 Å². The molecule has 0 atom stereocenters. The van der Waals surface area contributed by atoms with E-state index in [0.717, 1.165) is 15.1 Å². The van der Waals surface area contributed by atoms with E-state index in [1.807, 2.05) is 0 Å². The monoisotopic (exact) mass is 109 g/mol. The van der Waals surface area contributed by atoms with Gasteiger partial charge in [-0.1, -0.05) is 6.82 Å². The van der Waals surface area contributed by atoms with Gasteiger partial charge in [-0.25, -0.2) is 0 Å². The predicted octanol–water partition coefficient (Wildman–Crippen LogP) is -2.24. The third kappa shape index (κ3) is 1.54. The highest BCUT2D eigenvalue weighted by Crippen LogP contribution is 1.77. The van der Waals surface area contributed by atoms with Gasteiger partial charge in [0.25, 0.3) is 22.1 Å². The van der Waals surface area contributed by atoms with Gasteiger partial charge in [0.15, 0.2) is 0 Å². The second-order valence-corrected chi connectivity index (χ2v) is 2.30. The molecule has 0 aliphatic carbocycles. The molecule has 0 aromatic heterocycles. The van der Waals surface area contributed by atoms with Crippen LogP contribution in [0.15, 0.2) is 0 Å². The topological polar surface area (TPSA) is 27.3 Å². The summed E-state index contributed by atoms with van der Waals surface area (Å²) in [4.78, 5) is 0. The summed E-state index contributed by atoms with van der Waals surface area (Å²) >= 11 is 0. The number of hydrogen-bond donors (Lipinski definition) is 2. The first-order valence-electron chi connectivity index (χ1n) is 2.94. The number of nitrogens with zero attached hydrogens (tertiary/aromatic N) is 1. The van der Waals surface area contributed by atoms with Crippen molar-refractivity contribution < 1.29 is 0 Å². The average Bonchev–Trinajstić information content (AvgIpc) is 1.77. The minimum atomic E-state index is 0.478. The Labute approximate surface area is 51.9 Å². The Morgan fingerprint density at radius 1 is 1.38 bits per heavy atom. The summed E-state index contributed by atoms with van der Waals surface area (Å²) in [6.45, 7) is 2.60. The Morgan fingerprint density at radius 3 is 2.25 bits per heavy atom. The molecule has 1 aliphatic rings. The zero-order valence-corrected chi connectivity index (χ0v) is 5.44. The molecule has 6 heteroatoms. The largest absolute Gasteiger partial charge is 0.374 e. The maximum absolute atomic E-state index is 3.25. The van der Waals surface area contributed by atoms with E-state index in [0.29, 0.717) is 6.98 Å². The highest BCUT2D eigenvalue weighted by Gasteiger charge is 2.15. The lowest BCUT2D eigenvalue weighted by Gasteiger charge is -2.24. The fourth-order valence-corrected chi connectivity index (χ4v) is 0.714. The van der Waals surface area contributed by atoms with Crippen LogP contribution in [-0.2, 0) is 0 Å². The summed E-state index contributed by atoms with van der Waals surface area (Å²) in [5.41, 5.74) is 0. The summed E-state index contributed by atoms with van der Waals surface area (Å²) in [6.07, 6.45) is 0. The van der Waals surface area contributed by atoms with Crippen LogP contribution in [0.3, 0.4) is 0 Å². The number of nitrogens with one attached hydrogen (secondary N) is 2. The Kier molecular flexibility index (Phi) is 1.99. The van der Waals surface area contributed by atoms with Crippen molar-refractivity contribution in [2.24, 2.45) is 0 Å². The van der Waals surface area contributed by atoms with Crippen molar-refractivity contribution in [1.82, 2.24) is 15.0 Å². The summed E-state index contributed by atoms with van der Waals surface area (Å²) in [5.74, 6) is 0. The van der Waals surface area contributed by atoms with Crippen molar-refractivity contribution in [3.05, 3.63) is 0 Å². The van der Waals surface area contributed by atoms with Gasteiger partial charge in [-0.05, 0) is 7.05 Å². The molecule has 0 unspecified atom stereocenters. The minimum Gasteiger partial charge on any atom is -0.374 e. The van der Waals surface area contributed by atoms with Crippen molar-refractivity contribution in [2.75, 3.05) is 7.05 Å². The van der Waals surface area contributed by atoms with E-state index in [-0.39, 0.29) is 0 Å². The Hall–Kier alpha value is 0.0748. The van der Waals surface area contributed by atoms with Crippen molar-refractivity contribution in [2.45, 2.75) is 6.82 Å².